The first kappa shape index (κ1) is 38.8. The van der Waals surface area contributed by atoms with E-state index in [0.717, 1.165) is 23.0 Å². The Labute approximate surface area is 301 Å². The normalized spacial score (nSPS) is 21.4. The second-order valence-electron chi connectivity index (χ2n) is 14.6. The van der Waals surface area contributed by atoms with Crippen molar-refractivity contribution < 1.29 is 22.2 Å². The number of ether oxygens (including phenoxy) is 1. The highest BCUT2D eigenvalue weighted by Crippen LogP contribution is 2.39. The van der Waals surface area contributed by atoms with E-state index in [0.29, 0.717) is 24.0 Å². The number of carbonyl (C=O) groups is 1. The van der Waals surface area contributed by atoms with Crippen molar-refractivity contribution in [3.05, 3.63) is 107 Å². The van der Waals surface area contributed by atoms with Gasteiger partial charge in [0.1, 0.15) is 13.2 Å². The molecule has 2 aliphatic rings. The van der Waals surface area contributed by atoms with Crippen LogP contribution in [0.15, 0.2) is 78.9 Å². The first-order valence-corrected chi connectivity index (χ1v) is 19.3. The number of esters is 1. The van der Waals surface area contributed by atoms with E-state index in [-0.39, 0.29) is 22.9 Å². The van der Waals surface area contributed by atoms with Crippen LogP contribution in [0, 0.1) is 11.8 Å². The first-order valence-electron chi connectivity index (χ1n) is 19.3. The molecule has 4 nitrogen and oxygen atoms in total. The summed E-state index contributed by atoms with van der Waals surface area (Å²) in [5, 5.41) is 0. The van der Waals surface area contributed by atoms with Crippen LogP contribution in [0.4, 0.5) is 0 Å². The van der Waals surface area contributed by atoms with Crippen LogP contribution in [0.1, 0.15) is 177 Å². The van der Waals surface area contributed by atoms with Crippen molar-refractivity contribution in [2.24, 2.45) is 11.8 Å². The maximum absolute atomic E-state index is 13.3. The van der Waals surface area contributed by atoms with E-state index in [2.05, 4.69) is 50.2 Å². The third-order valence-corrected chi connectivity index (χ3v) is 11.1. The topological polar surface area (TPSA) is 44.8 Å². The molecule has 0 saturated heterocycles. The number of benzene rings is 3. The lowest BCUT2D eigenvalue weighted by Gasteiger charge is -2.29. The van der Waals surface area contributed by atoms with E-state index in [1.54, 1.807) is 0 Å². The number of unbranched alkanes of at least 4 members (excludes halogenated alkanes) is 4. The van der Waals surface area contributed by atoms with E-state index >= 15 is 0 Å². The molecule has 2 aliphatic carbocycles. The fourth-order valence-electron chi connectivity index (χ4n) is 8.00. The van der Waals surface area contributed by atoms with Crippen LogP contribution >= 0.6 is 0 Å². The van der Waals surface area contributed by atoms with E-state index in [1.165, 1.54) is 114 Å². The minimum Gasteiger partial charge on any atom is -0.451 e. The SMILES string of the molecule is C.CCCCCC1CCC(c2ccc(COOCC(OC(=O)c3ccc(C4CCC(CCCCC)CC4)cc3)c3ccccc3)cc2)CC1.[HH].[HH]. The fraction of sp³-hybridized carbons (Fsp3) is 0.578. The Morgan fingerprint density at radius 3 is 1.67 bits per heavy atom. The van der Waals surface area contributed by atoms with Gasteiger partial charge in [-0.15, -0.1) is 0 Å². The Balaban J connectivity index is 0.00000300. The van der Waals surface area contributed by atoms with Gasteiger partial charge in [0.15, 0.2) is 6.10 Å². The fourth-order valence-corrected chi connectivity index (χ4v) is 8.00. The van der Waals surface area contributed by atoms with Gasteiger partial charge >= 0.3 is 5.97 Å². The lowest BCUT2D eigenvalue weighted by atomic mass is 9.77. The zero-order valence-electron chi connectivity index (χ0n) is 29.8. The van der Waals surface area contributed by atoms with Gasteiger partial charge in [0.25, 0.3) is 0 Å². The third-order valence-electron chi connectivity index (χ3n) is 11.1. The molecular weight excluding hydrogens is 604 g/mol. The molecule has 5 rings (SSSR count). The van der Waals surface area contributed by atoms with Crippen molar-refractivity contribution in [1.82, 2.24) is 0 Å². The van der Waals surface area contributed by atoms with Gasteiger partial charge in [0.05, 0.1) is 5.56 Å². The summed E-state index contributed by atoms with van der Waals surface area (Å²) >= 11 is 0. The smallest absolute Gasteiger partial charge is 0.338 e. The maximum atomic E-state index is 13.3. The highest BCUT2D eigenvalue weighted by Gasteiger charge is 2.24. The second-order valence-corrected chi connectivity index (χ2v) is 14.6. The molecule has 0 N–H and O–H groups in total. The molecule has 3 aromatic carbocycles. The molecule has 1 unspecified atom stereocenters. The van der Waals surface area contributed by atoms with E-state index < -0.39 is 6.10 Å². The van der Waals surface area contributed by atoms with Crippen molar-refractivity contribution >= 4 is 5.97 Å². The highest BCUT2D eigenvalue weighted by atomic mass is 17.2. The molecule has 4 heteroatoms. The van der Waals surface area contributed by atoms with Crippen molar-refractivity contribution in [2.75, 3.05) is 6.61 Å². The van der Waals surface area contributed by atoms with E-state index in [4.69, 9.17) is 14.5 Å². The molecule has 2 fully saturated rings. The van der Waals surface area contributed by atoms with Gasteiger partial charge < -0.3 is 4.74 Å². The molecule has 2 saturated carbocycles. The Kier molecular flexibility index (Phi) is 16.9. The number of rotatable bonds is 18. The maximum Gasteiger partial charge on any atom is 0.338 e. The predicted octanol–water partition coefficient (Wildman–Crippen LogP) is 13.6. The summed E-state index contributed by atoms with van der Waals surface area (Å²) < 4.78 is 5.99. The summed E-state index contributed by atoms with van der Waals surface area (Å²) in [5.41, 5.74) is 5.31. The molecule has 0 heterocycles. The Morgan fingerprint density at radius 2 is 1.16 bits per heavy atom. The standard InChI is InChI=1S/C44H60O4.CH4.2H2/c1-3-5-8-12-34-16-22-37(23-17-34)39-26-20-36(21-27-39)32-46-47-33-43(41-14-10-7-11-15-41)48-44(45)42-30-28-40(29-31-42)38-24-18-35(19-25-38)13-9-6-4-2;;;/h7,10-11,14-15,20-21,26-31,34-35,37-38,43H,3-6,8-9,12-13,16-19,22-25,32-33H2,1-2H3;1H4;2*1H. The lowest BCUT2D eigenvalue weighted by Crippen LogP contribution is -2.17. The molecule has 0 radical (unpaired) electrons. The molecule has 0 aromatic heterocycles. The van der Waals surface area contributed by atoms with Gasteiger partial charge in [-0.25, -0.2) is 14.6 Å². The van der Waals surface area contributed by atoms with Crippen LogP contribution in [-0.4, -0.2) is 12.6 Å². The van der Waals surface area contributed by atoms with Gasteiger partial charge in [0.2, 0.25) is 0 Å². The molecule has 0 spiro atoms. The average Bonchev–Trinajstić information content (AvgIpc) is 3.14. The molecule has 0 amide bonds. The molecule has 3 aromatic rings. The zero-order valence-corrected chi connectivity index (χ0v) is 29.8. The average molecular weight is 673 g/mol. The Hall–Kier alpha value is -2.95. The monoisotopic (exact) mass is 673 g/mol. The Bertz CT molecular complexity index is 1310. The quantitative estimate of drug-likeness (QED) is 0.0584. The summed E-state index contributed by atoms with van der Waals surface area (Å²) in [4.78, 5) is 24.5. The predicted molar refractivity (Wildman–Crippen MR) is 207 cm³/mol. The van der Waals surface area contributed by atoms with Crippen LogP contribution in [0.3, 0.4) is 0 Å². The van der Waals surface area contributed by atoms with Gasteiger partial charge in [0, 0.05) is 2.85 Å². The van der Waals surface area contributed by atoms with Crippen molar-refractivity contribution in [3.8, 4) is 0 Å². The van der Waals surface area contributed by atoms with Crippen molar-refractivity contribution in [2.45, 2.75) is 149 Å². The number of hydrogen-bond acceptors (Lipinski definition) is 4. The Morgan fingerprint density at radius 1 is 0.653 bits per heavy atom. The minimum atomic E-state index is -0.569. The minimum absolute atomic E-state index is 0. The van der Waals surface area contributed by atoms with Gasteiger partial charge in [-0.1, -0.05) is 139 Å². The number of carbonyl (C=O) groups excluding carboxylic acids is 1. The van der Waals surface area contributed by atoms with Gasteiger partial charge in [-0.3, -0.25) is 0 Å². The first-order chi connectivity index (χ1) is 23.6. The molecule has 0 aliphatic heterocycles. The van der Waals surface area contributed by atoms with Crippen LogP contribution in [-0.2, 0) is 21.1 Å². The molecule has 0 bridgehead atoms. The summed E-state index contributed by atoms with van der Waals surface area (Å²) in [7, 11) is 0. The summed E-state index contributed by atoms with van der Waals surface area (Å²) in [5.74, 6) is 2.75. The van der Waals surface area contributed by atoms with Crippen LogP contribution in [0.5, 0.6) is 0 Å². The summed E-state index contributed by atoms with van der Waals surface area (Å²) in [6, 6.07) is 26.7. The second kappa shape index (κ2) is 21.3. The summed E-state index contributed by atoms with van der Waals surface area (Å²) in [6.45, 7) is 5.04. The molecule has 1 atom stereocenters. The largest absolute Gasteiger partial charge is 0.451 e. The highest BCUT2D eigenvalue weighted by molar-refractivity contribution is 5.89. The zero-order chi connectivity index (χ0) is 33.4. The van der Waals surface area contributed by atoms with Crippen molar-refractivity contribution in [1.29, 1.82) is 0 Å². The van der Waals surface area contributed by atoms with E-state index in [1.807, 2.05) is 42.5 Å². The molecule has 272 valence electrons. The van der Waals surface area contributed by atoms with Crippen molar-refractivity contribution in [3.63, 3.8) is 0 Å². The van der Waals surface area contributed by atoms with Crippen LogP contribution < -0.4 is 0 Å². The molecule has 49 heavy (non-hydrogen) atoms. The van der Waals surface area contributed by atoms with Gasteiger partial charge in [-0.05, 0) is 109 Å². The van der Waals surface area contributed by atoms with E-state index in [9.17, 15) is 4.79 Å². The van der Waals surface area contributed by atoms with Crippen LogP contribution in [0.25, 0.3) is 0 Å². The van der Waals surface area contributed by atoms with Crippen LogP contribution in [0.2, 0.25) is 0 Å². The van der Waals surface area contributed by atoms with Gasteiger partial charge in [-0.2, -0.15) is 0 Å². The summed E-state index contributed by atoms with van der Waals surface area (Å²) in [6.07, 6.45) is 20.8. The number of hydrogen-bond donors (Lipinski definition) is 0. The molecular formula is C45H68O4. The lowest BCUT2D eigenvalue weighted by molar-refractivity contribution is -0.314. The third kappa shape index (κ3) is 12.4.